The van der Waals surface area contributed by atoms with Crippen LogP contribution in [0.4, 0.5) is 0 Å². The van der Waals surface area contributed by atoms with Gasteiger partial charge < -0.3 is 0 Å². The van der Waals surface area contributed by atoms with Crippen molar-refractivity contribution in [1.82, 2.24) is 10.2 Å². The van der Waals surface area contributed by atoms with Crippen LogP contribution >= 0.6 is 0 Å². The van der Waals surface area contributed by atoms with Crippen molar-refractivity contribution in [2.75, 3.05) is 0 Å². The summed E-state index contributed by atoms with van der Waals surface area (Å²) in [5.74, 6) is 1.45. The third kappa shape index (κ3) is 1.03. The molecule has 2 aliphatic carbocycles. The molecule has 0 saturated heterocycles. The zero-order chi connectivity index (χ0) is 8.84. The molecule has 0 amide bonds. The highest BCUT2D eigenvalue weighted by Gasteiger charge is 2.33. The van der Waals surface area contributed by atoms with E-state index in [1.807, 2.05) is 0 Å². The first-order valence-electron chi connectivity index (χ1n) is 4.91. The zero-order valence-corrected chi connectivity index (χ0v) is 7.42. The van der Waals surface area contributed by atoms with Gasteiger partial charge in [0.1, 0.15) is 0 Å². The summed E-state index contributed by atoms with van der Waals surface area (Å²) in [7, 11) is 0. The number of nitrogens with zero attached hydrogens (tertiary/aromatic N) is 1. The Morgan fingerprint density at radius 1 is 1.46 bits per heavy atom. The maximum Gasteiger partial charge on any atom is 0.264 e. The van der Waals surface area contributed by atoms with Crippen LogP contribution < -0.4 is 5.56 Å². The first-order valence-corrected chi connectivity index (χ1v) is 4.91. The normalized spacial score (nSPS) is 30.2. The summed E-state index contributed by atoms with van der Waals surface area (Å²) in [6.07, 6.45) is 4.93. The van der Waals surface area contributed by atoms with E-state index >= 15 is 0 Å². The van der Waals surface area contributed by atoms with E-state index in [9.17, 15) is 4.79 Å². The van der Waals surface area contributed by atoms with Gasteiger partial charge in [-0.3, -0.25) is 4.79 Å². The molecule has 1 aromatic rings. The molecule has 2 aliphatic rings. The van der Waals surface area contributed by atoms with Crippen molar-refractivity contribution in [2.45, 2.75) is 31.6 Å². The molecule has 2 bridgehead atoms. The second-order valence-electron chi connectivity index (χ2n) is 4.22. The molecule has 68 valence electrons. The van der Waals surface area contributed by atoms with Crippen molar-refractivity contribution in [1.29, 1.82) is 0 Å². The molecule has 1 aromatic heterocycles. The van der Waals surface area contributed by atoms with Crippen LogP contribution in [0.2, 0.25) is 0 Å². The smallest absolute Gasteiger partial charge is 0.264 e. The van der Waals surface area contributed by atoms with Crippen molar-refractivity contribution in [3.05, 3.63) is 27.7 Å². The lowest BCUT2D eigenvalue weighted by molar-refractivity contribution is 0.498. The Kier molecular flexibility index (Phi) is 1.37. The fourth-order valence-corrected chi connectivity index (χ4v) is 2.79. The van der Waals surface area contributed by atoms with Crippen molar-refractivity contribution < 1.29 is 0 Å². The van der Waals surface area contributed by atoms with Gasteiger partial charge in [0.15, 0.2) is 0 Å². The van der Waals surface area contributed by atoms with Crippen LogP contribution in [0.25, 0.3) is 0 Å². The lowest BCUT2D eigenvalue weighted by Crippen LogP contribution is -2.18. The van der Waals surface area contributed by atoms with Crippen LogP contribution in [0.3, 0.4) is 0 Å². The van der Waals surface area contributed by atoms with Crippen molar-refractivity contribution in [3.63, 3.8) is 0 Å². The summed E-state index contributed by atoms with van der Waals surface area (Å²) in [6.45, 7) is 0. The molecule has 0 aromatic carbocycles. The molecular formula is C10H12N2O. The van der Waals surface area contributed by atoms with Crippen molar-refractivity contribution in [3.8, 4) is 0 Å². The van der Waals surface area contributed by atoms with E-state index in [1.54, 1.807) is 6.07 Å². The molecule has 3 nitrogen and oxygen atoms in total. The molecule has 0 aliphatic heterocycles. The summed E-state index contributed by atoms with van der Waals surface area (Å²) in [4.78, 5) is 11.1. The first-order chi connectivity index (χ1) is 6.33. The Balaban J connectivity index is 2.17. The van der Waals surface area contributed by atoms with E-state index < -0.39 is 0 Å². The van der Waals surface area contributed by atoms with Gasteiger partial charge in [0, 0.05) is 12.0 Å². The molecule has 13 heavy (non-hydrogen) atoms. The van der Waals surface area contributed by atoms with E-state index in [1.165, 1.54) is 24.8 Å². The highest BCUT2D eigenvalue weighted by molar-refractivity contribution is 5.26. The number of aromatic nitrogens is 2. The Morgan fingerprint density at radius 2 is 2.38 bits per heavy atom. The van der Waals surface area contributed by atoms with E-state index in [2.05, 4.69) is 10.2 Å². The van der Waals surface area contributed by atoms with Gasteiger partial charge in [-0.1, -0.05) is 0 Å². The molecule has 1 saturated carbocycles. The Bertz CT molecular complexity index is 396. The number of hydrogen-bond donors (Lipinski definition) is 1. The average Bonchev–Trinajstić information content (AvgIpc) is 2.48. The largest absolute Gasteiger partial charge is 0.268 e. The summed E-state index contributed by atoms with van der Waals surface area (Å²) >= 11 is 0. The summed E-state index contributed by atoms with van der Waals surface area (Å²) in [5.41, 5.74) is 2.30. The highest BCUT2D eigenvalue weighted by Crippen LogP contribution is 2.44. The van der Waals surface area contributed by atoms with E-state index in [0.29, 0.717) is 5.92 Å². The Labute approximate surface area is 76.2 Å². The number of nitrogens with one attached hydrogen (secondary N) is 1. The Morgan fingerprint density at radius 3 is 3.31 bits per heavy atom. The zero-order valence-electron chi connectivity index (χ0n) is 7.42. The van der Waals surface area contributed by atoms with Crippen LogP contribution in [-0.4, -0.2) is 10.2 Å². The van der Waals surface area contributed by atoms with Gasteiger partial charge >= 0.3 is 0 Å². The topological polar surface area (TPSA) is 45.8 Å². The van der Waals surface area contributed by atoms with Crippen LogP contribution in [-0.2, 0) is 6.42 Å². The number of rotatable bonds is 0. The molecule has 1 fully saturated rings. The van der Waals surface area contributed by atoms with Crippen LogP contribution in [0, 0.1) is 5.92 Å². The maximum atomic E-state index is 11.1. The molecule has 3 rings (SSSR count). The van der Waals surface area contributed by atoms with Gasteiger partial charge in [-0.2, -0.15) is 5.10 Å². The summed E-state index contributed by atoms with van der Waals surface area (Å²) in [5, 5.41) is 6.70. The summed E-state index contributed by atoms with van der Waals surface area (Å²) in [6, 6.07) is 1.73. The molecule has 1 heterocycles. The second kappa shape index (κ2) is 2.44. The van der Waals surface area contributed by atoms with E-state index in [4.69, 9.17) is 0 Å². The van der Waals surface area contributed by atoms with Crippen molar-refractivity contribution >= 4 is 0 Å². The lowest BCUT2D eigenvalue weighted by Gasteiger charge is -2.20. The second-order valence-corrected chi connectivity index (χ2v) is 4.22. The number of hydrogen-bond acceptors (Lipinski definition) is 2. The minimum absolute atomic E-state index is 0.0555. The molecule has 0 unspecified atom stereocenters. The fourth-order valence-electron chi connectivity index (χ4n) is 2.79. The number of aromatic amines is 1. The van der Waals surface area contributed by atoms with Gasteiger partial charge in [-0.05, 0) is 37.2 Å². The van der Waals surface area contributed by atoms with Gasteiger partial charge in [0.2, 0.25) is 0 Å². The molecule has 3 heteroatoms. The molecule has 1 N–H and O–H groups in total. The molecule has 2 atom stereocenters. The minimum Gasteiger partial charge on any atom is -0.268 e. The number of H-pyrrole nitrogens is 1. The molecular weight excluding hydrogens is 164 g/mol. The predicted octanol–water partition coefficient (Wildman–Crippen LogP) is 1.21. The molecule has 0 spiro atoms. The van der Waals surface area contributed by atoms with Crippen LogP contribution in [0.1, 0.15) is 36.4 Å². The van der Waals surface area contributed by atoms with Crippen LogP contribution in [0.15, 0.2) is 10.9 Å². The maximum absolute atomic E-state index is 11.1. The van der Waals surface area contributed by atoms with E-state index in [-0.39, 0.29) is 5.56 Å². The fraction of sp³-hybridized carbons (Fsp3) is 0.600. The first kappa shape index (κ1) is 7.30. The monoisotopic (exact) mass is 176 g/mol. The van der Waals surface area contributed by atoms with Crippen molar-refractivity contribution in [2.24, 2.45) is 5.92 Å². The highest BCUT2D eigenvalue weighted by atomic mass is 16.1. The predicted molar refractivity (Wildman–Crippen MR) is 48.6 cm³/mol. The van der Waals surface area contributed by atoms with Gasteiger partial charge in [0.25, 0.3) is 5.56 Å². The van der Waals surface area contributed by atoms with Gasteiger partial charge in [0.05, 0.1) is 5.69 Å². The minimum atomic E-state index is -0.0555. The number of fused-ring (bicyclic) bond motifs is 4. The third-order valence-electron chi connectivity index (χ3n) is 3.36. The van der Waals surface area contributed by atoms with Crippen LogP contribution in [0.5, 0.6) is 0 Å². The SMILES string of the molecule is O=c1cc2c(n[nH]1)[C@@H]1CC[C@H](C2)C1. The van der Waals surface area contributed by atoms with E-state index in [0.717, 1.165) is 18.0 Å². The average molecular weight is 176 g/mol. The quantitative estimate of drug-likeness (QED) is 0.645. The standard InChI is InChI=1S/C10H12N2O/c13-9-5-8-4-6-1-2-7(3-6)10(8)12-11-9/h5-7H,1-4H2,(H,11,13)/t6-,7+/m0/s1. The van der Waals surface area contributed by atoms with Gasteiger partial charge in [-0.15, -0.1) is 0 Å². The lowest BCUT2D eigenvalue weighted by atomic mass is 9.87. The summed E-state index contributed by atoms with van der Waals surface area (Å²) < 4.78 is 0. The van der Waals surface area contributed by atoms with Gasteiger partial charge in [-0.25, -0.2) is 5.10 Å². The third-order valence-corrected chi connectivity index (χ3v) is 3.36. The Hall–Kier alpha value is -1.12. The molecule has 0 radical (unpaired) electrons.